The van der Waals surface area contributed by atoms with Crippen molar-refractivity contribution in [3.8, 4) is 6.07 Å². The van der Waals surface area contributed by atoms with Crippen molar-refractivity contribution in [1.82, 2.24) is 4.31 Å². The molecule has 1 aliphatic rings. The zero-order valence-electron chi connectivity index (χ0n) is 14.4. The molecule has 7 heteroatoms. The number of piperazine rings is 1. The third-order valence-corrected chi connectivity index (χ3v) is 6.41. The van der Waals surface area contributed by atoms with E-state index in [1.165, 1.54) is 23.4 Å². The fourth-order valence-electron chi connectivity index (χ4n) is 2.94. The SMILES string of the molecule is CC(=O)c1ccc(S(=O)(=O)N2CCN(c3ccc(C#N)cc3)CC2)cc1. The number of benzene rings is 2. The van der Waals surface area contributed by atoms with Crippen LogP contribution in [0.1, 0.15) is 22.8 Å². The number of sulfonamides is 1. The van der Waals surface area contributed by atoms with Gasteiger partial charge in [0, 0.05) is 37.4 Å². The molecule has 0 atom stereocenters. The minimum Gasteiger partial charge on any atom is -0.369 e. The van der Waals surface area contributed by atoms with Crippen LogP contribution >= 0.6 is 0 Å². The molecule has 0 amide bonds. The topological polar surface area (TPSA) is 81.5 Å². The lowest BCUT2D eigenvalue weighted by Gasteiger charge is -2.35. The van der Waals surface area contributed by atoms with E-state index in [1.54, 1.807) is 24.3 Å². The highest BCUT2D eigenvalue weighted by Crippen LogP contribution is 2.22. The summed E-state index contributed by atoms with van der Waals surface area (Å²) in [5.74, 6) is -0.0926. The Balaban J connectivity index is 1.70. The van der Waals surface area contributed by atoms with Crippen LogP contribution in [0, 0.1) is 11.3 Å². The normalized spacial score (nSPS) is 15.5. The molecule has 1 aliphatic heterocycles. The zero-order chi connectivity index (χ0) is 18.7. The number of carbonyl (C=O) groups is 1. The second-order valence-corrected chi connectivity index (χ2v) is 8.07. The molecule has 1 fully saturated rings. The van der Waals surface area contributed by atoms with Crippen LogP contribution in [0.25, 0.3) is 0 Å². The Morgan fingerprint density at radius 1 is 0.962 bits per heavy atom. The standard InChI is InChI=1S/C19H19N3O3S/c1-15(23)17-4-8-19(9-5-17)26(24,25)22-12-10-21(11-13-22)18-6-2-16(14-20)3-7-18/h2-9H,10-13H2,1H3. The fraction of sp³-hybridized carbons (Fsp3) is 0.263. The van der Waals surface area contributed by atoms with Gasteiger partial charge in [0.2, 0.25) is 10.0 Å². The van der Waals surface area contributed by atoms with Crippen LogP contribution in [0.5, 0.6) is 0 Å². The van der Waals surface area contributed by atoms with E-state index in [-0.39, 0.29) is 10.7 Å². The minimum absolute atomic E-state index is 0.0926. The van der Waals surface area contributed by atoms with Crippen LogP contribution < -0.4 is 4.90 Å². The average Bonchev–Trinajstić information content (AvgIpc) is 2.68. The second-order valence-electron chi connectivity index (χ2n) is 6.13. The molecule has 0 unspecified atom stereocenters. The van der Waals surface area contributed by atoms with Crippen molar-refractivity contribution in [2.75, 3.05) is 31.1 Å². The molecule has 2 aromatic rings. The Morgan fingerprint density at radius 3 is 2.04 bits per heavy atom. The number of rotatable bonds is 4. The summed E-state index contributed by atoms with van der Waals surface area (Å²) < 4.78 is 27.0. The van der Waals surface area contributed by atoms with E-state index >= 15 is 0 Å². The molecule has 6 nitrogen and oxygen atoms in total. The summed E-state index contributed by atoms with van der Waals surface area (Å²) in [7, 11) is -3.57. The van der Waals surface area contributed by atoms with Crippen LogP contribution in [0.15, 0.2) is 53.4 Å². The van der Waals surface area contributed by atoms with Crippen molar-refractivity contribution in [1.29, 1.82) is 5.26 Å². The van der Waals surface area contributed by atoms with E-state index in [9.17, 15) is 13.2 Å². The first-order chi connectivity index (χ1) is 12.4. The van der Waals surface area contributed by atoms with Crippen LogP contribution in [-0.4, -0.2) is 44.7 Å². The fourth-order valence-corrected chi connectivity index (χ4v) is 4.37. The molecule has 26 heavy (non-hydrogen) atoms. The van der Waals surface area contributed by atoms with Crippen molar-refractivity contribution >= 4 is 21.5 Å². The lowest BCUT2D eigenvalue weighted by Crippen LogP contribution is -2.48. The first kappa shape index (κ1) is 18.1. The van der Waals surface area contributed by atoms with E-state index in [0.29, 0.717) is 37.3 Å². The number of hydrogen-bond acceptors (Lipinski definition) is 5. The van der Waals surface area contributed by atoms with Gasteiger partial charge in [0.15, 0.2) is 5.78 Å². The molecule has 0 aromatic heterocycles. The van der Waals surface area contributed by atoms with E-state index in [2.05, 4.69) is 11.0 Å². The third kappa shape index (κ3) is 3.62. The van der Waals surface area contributed by atoms with E-state index in [1.807, 2.05) is 12.1 Å². The summed E-state index contributed by atoms with van der Waals surface area (Å²) in [6.45, 7) is 3.38. The van der Waals surface area contributed by atoms with Crippen molar-refractivity contribution < 1.29 is 13.2 Å². The lowest BCUT2D eigenvalue weighted by molar-refractivity contribution is 0.101. The molecule has 0 spiro atoms. The molecule has 1 saturated heterocycles. The van der Waals surface area contributed by atoms with Gasteiger partial charge in [0.1, 0.15) is 0 Å². The molecule has 1 heterocycles. The van der Waals surface area contributed by atoms with Crippen molar-refractivity contribution in [3.63, 3.8) is 0 Å². The van der Waals surface area contributed by atoms with Crippen molar-refractivity contribution in [2.24, 2.45) is 0 Å². The highest BCUT2D eigenvalue weighted by Gasteiger charge is 2.28. The lowest BCUT2D eigenvalue weighted by atomic mass is 10.2. The van der Waals surface area contributed by atoms with Gasteiger partial charge in [0.05, 0.1) is 16.5 Å². The van der Waals surface area contributed by atoms with Crippen molar-refractivity contribution in [3.05, 3.63) is 59.7 Å². The highest BCUT2D eigenvalue weighted by atomic mass is 32.2. The van der Waals surface area contributed by atoms with Crippen LogP contribution in [-0.2, 0) is 10.0 Å². The molecule has 0 aliphatic carbocycles. The molecular formula is C19H19N3O3S. The Kier molecular flexibility index (Phi) is 5.07. The van der Waals surface area contributed by atoms with Crippen LogP contribution in [0.3, 0.4) is 0 Å². The smallest absolute Gasteiger partial charge is 0.243 e. The highest BCUT2D eigenvalue weighted by molar-refractivity contribution is 7.89. The predicted molar refractivity (Wildman–Crippen MR) is 98.6 cm³/mol. The molecule has 2 aromatic carbocycles. The average molecular weight is 369 g/mol. The summed E-state index contributed by atoms with van der Waals surface area (Å²) in [5.41, 5.74) is 2.07. The summed E-state index contributed by atoms with van der Waals surface area (Å²) in [6.07, 6.45) is 0. The van der Waals surface area contributed by atoms with Crippen LogP contribution in [0.4, 0.5) is 5.69 Å². The first-order valence-corrected chi connectivity index (χ1v) is 9.72. The number of carbonyl (C=O) groups excluding carboxylic acids is 1. The summed E-state index contributed by atoms with van der Waals surface area (Å²) in [4.78, 5) is 13.6. The van der Waals surface area contributed by atoms with Gasteiger partial charge in [-0.25, -0.2) is 8.42 Å². The number of ketones is 1. The van der Waals surface area contributed by atoms with E-state index in [0.717, 1.165) is 5.69 Å². The molecular weight excluding hydrogens is 350 g/mol. The van der Waals surface area contributed by atoms with E-state index in [4.69, 9.17) is 5.26 Å². The molecule has 0 N–H and O–H groups in total. The van der Waals surface area contributed by atoms with E-state index < -0.39 is 10.0 Å². The van der Waals surface area contributed by atoms with Gasteiger partial charge in [0.25, 0.3) is 0 Å². The maximum Gasteiger partial charge on any atom is 0.243 e. The first-order valence-electron chi connectivity index (χ1n) is 8.28. The Labute approximate surface area is 153 Å². The minimum atomic E-state index is -3.57. The van der Waals surface area contributed by atoms with Crippen molar-refractivity contribution in [2.45, 2.75) is 11.8 Å². The monoisotopic (exact) mass is 369 g/mol. The Hall–Kier alpha value is -2.69. The number of anilines is 1. The zero-order valence-corrected chi connectivity index (χ0v) is 15.2. The molecule has 0 radical (unpaired) electrons. The van der Waals surface area contributed by atoms with Crippen LogP contribution in [0.2, 0.25) is 0 Å². The third-order valence-electron chi connectivity index (χ3n) is 4.50. The summed E-state index contributed by atoms with van der Waals surface area (Å²) in [6, 6.07) is 15.4. The number of nitriles is 1. The maximum absolute atomic E-state index is 12.8. The largest absolute Gasteiger partial charge is 0.369 e. The van der Waals surface area contributed by atoms with Gasteiger partial charge < -0.3 is 4.90 Å². The Bertz CT molecular complexity index is 937. The summed E-state index contributed by atoms with van der Waals surface area (Å²) in [5, 5.41) is 8.86. The quantitative estimate of drug-likeness (QED) is 0.772. The number of Topliss-reactive ketones (excluding diaryl/α,β-unsaturated/α-hetero) is 1. The number of hydrogen-bond donors (Lipinski definition) is 0. The van der Waals surface area contributed by atoms with Gasteiger partial charge in [-0.3, -0.25) is 4.79 Å². The van der Waals surface area contributed by atoms with Gasteiger partial charge in [-0.2, -0.15) is 9.57 Å². The van der Waals surface area contributed by atoms with Gasteiger partial charge >= 0.3 is 0 Å². The predicted octanol–water partition coefficient (Wildman–Crippen LogP) is 2.27. The second kappa shape index (κ2) is 7.28. The molecule has 3 rings (SSSR count). The van der Waals surface area contributed by atoms with Gasteiger partial charge in [-0.05, 0) is 43.3 Å². The molecule has 134 valence electrons. The summed E-state index contributed by atoms with van der Waals surface area (Å²) >= 11 is 0. The number of nitrogens with zero attached hydrogens (tertiary/aromatic N) is 3. The molecule has 0 bridgehead atoms. The van der Waals surface area contributed by atoms with Gasteiger partial charge in [-0.1, -0.05) is 12.1 Å². The van der Waals surface area contributed by atoms with Gasteiger partial charge in [-0.15, -0.1) is 0 Å². The Morgan fingerprint density at radius 2 is 1.54 bits per heavy atom. The molecule has 0 saturated carbocycles. The maximum atomic E-state index is 12.8.